The molecular weight excluding hydrogens is 468 g/mol. The number of allylic oxidation sites excluding steroid dienone is 1. The van der Waals surface area contributed by atoms with Crippen molar-refractivity contribution >= 4 is 28.7 Å². The number of anilines is 2. The van der Waals surface area contributed by atoms with Gasteiger partial charge in [-0.25, -0.2) is 9.97 Å². The normalized spacial score (nSPS) is 24.8. The molecule has 1 aliphatic heterocycles. The zero-order chi connectivity index (χ0) is 25.6. The van der Waals surface area contributed by atoms with Gasteiger partial charge in [0.05, 0.1) is 35.4 Å². The Morgan fingerprint density at radius 3 is 2.78 bits per heavy atom. The topological polar surface area (TPSA) is 148 Å². The number of fused-ring (bicyclic) bond motifs is 3. The Bertz CT molecular complexity index is 1500. The number of hydrazine groups is 2. The zero-order valence-corrected chi connectivity index (χ0v) is 20.4. The van der Waals surface area contributed by atoms with Gasteiger partial charge in [-0.3, -0.25) is 5.01 Å². The SMILES string of the molecule is C[C@H](C#N)Nc1cc(-n2ncc3cc(C#N)cnc32)ncc1N1C=C(C23CCC(CC=O)(CC2)C3)NN1. The van der Waals surface area contributed by atoms with Crippen LogP contribution in [0.1, 0.15) is 51.0 Å². The minimum Gasteiger partial charge on any atom is -0.368 e. The number of carbonyl (C=O) groups is 1. The van der Waals surface area contributed by atoms with Crippen LogP contribution in [0.15, 0.2) is 42.6 Å². The van der Waals surface area contributed by atoms with Gasteiger partial charge in [0, 0.05) is 35.7 Å². The number of pyridine rings is 2. The first kappa shape index (κ1) is 23.0. The summed E-state index contributed by atoms with van der Waals surface area (Å²) in [5.74, 6) is 0.531. The maximum absolute atomic E-state index is 11.3. The van der Waals surface area contributed by atoms with Crippen molar-refractivity contribution in [2.75, 3.05) is 10.3 Å². The number of hydrogen-bond acceptors (Lipinski definition) is 10. The molecule has 0 unspecified atom stereocenters. The number of nitrogens with zero attached hydrogens (tertiary/aromatic N) is 7. The lowest BCUT2D eigenvalue weighted by atomic mass is 9.79. The van der Waals surface area contributed by atoms with Gasteiger partial charge in [0.2, 0.25) is 0 Å². The maximum atomic E-state index is 11.3. The molecule has 2 bridgehead atoms. The third kappa shape index (κ3) is 3.76. The molecule has 3 aromatic heterocycles. The highest BCUT2D eigenvalue weighted by atomic mass is 16.1. The molecule has 2 saturated carbocycles. The van der Waals surface area contributed by atoms with Crippen molar-refractivity contribution < 1.29 is 4.79 Å². The second kappa shape index (κ2) is 8.57. The van der Waals surface area contributed by atoms with E-state index in [0.717, 1.165) is 55.2 Å². The molecule has 0 spiro atoms. The summed E-state index contributed by atoms with van der Waals surface area (Å²) in [6, 6.07) is 7.44. The van der Waals surface area contributed by atoms with E-state index in [1.165, 1.54) is 6.20 Å². The van der Waals surface area contributed by atoms with Gasteiger partial charge in [-0.15, -0.1) is 5.53 Å². The van der Waals surface area contributed by atoms with Crippen LogP contribution in [0.3, 0.4) is 0 Å². The van der Waals surface area contributed by atoms with E-state index in [4.69, 9.17) is 5.26 Å². The number of nitrogens with one attached hydrogen (secondary N) is 3. The Balaban J connectivity index is 1.34. The quantitative estimate of drug-likeness (QED) is 0.418. The maximum Gasteiger partial charge on any atom is 0.164 e. The summed E-state index contributed by atoms with van der Waals surface area (Å²) >= 11 is 0. The first-order valence-corrected chi connectivity index (χ1v) is 12.4. The molecule has 2 fully saturated rings. The fraction of sp³-hybridized carbons (Fsp3) is 0.385. The summed E-state index contributed by atoms with van der Waals surface area (Å²) in [4.78, 5) is 20.3. The summed E-state index contributed by atoms with van der Waals surface area (Å²) in [5, 5.41) is 28.9. The minimum atomic E-state index is -0.439. The van der Waals surface area contributed by atoms with Gasteiger partial charge in [0.25, 0.3) is 0 Å². The lowest BCUT2D eigenvalue weighted by Gasteiger charge is -2.27. The fourth-order valence-electron chi connectivity index (χ4n) is 6.14. The van der Waals surface area contributed by atoms with E-state index in [1.54, 1.807) is 30.1 Å². The van der Waals surface area contributed by atoms with Crippen LogP contribution in [-0.4, -0.2) is 32.1 Å². The standard InChI is InChI=1S/C26H26N10O/c1-17(10-27)32-20-9-23(36-24-19(13-31-36)8-18(11-28)12-30-24)29-14-21(20)35-15-22(33-34-35)26-4-2-25(16-26,3-5-26)6-7-37/h7-9,12-15,17,33-34H,2-6,16H2,1H3,(H,29,32)/t17-,25?,26?/m1/s1. The van der Waals surface area contributed by atoms with Crippen LogP contribution in [-0.2, 0) is 4.79 Å². The highest BCUT2D eigenvalue weighted by Crippen LogP contribution is 2.65. The van der Waals surface area contributed by atoms with Gasteiger partial charge < -0.3 is 15.5 Å². The van der Waals surface area contributed by atoms with E-state index in [2.05, 4.69) is 49.7 Å². The average molecular weight is 495 g/mol. The van der Waals surface area contributed by atoms with Crippen molar-refractivity contribution in [3.8, 4) is 18.0 Å². The van der Waals surface area contributed by atoms with E-state index in [-0.39, 0.29) is 10.8 Å². The Morgan fingerprint density at radius 2 is 2.03 bits per heavy atom. The molecule has 0 aromatic carbocycles. The third-order valence-electron chi connectivity index (χ3n) is 8.09. The lowest BCUT2D eigenvalue weighted by molar-refractivity contribution is -0.109. The van der Waals surface area contributed by atoms with Crippen LogP contribution in [0.25, 0.3) is 16.9 Å². The third-order valence-corrected chi connectivity index (χ3v) is 8.09. The number of aldehydes is 1. The molecule has 186 valence electrons. The van der Waals surface area contributed by atoms with E-state index in [1.807, 2.05) is 11.1 Å². The van der Waals surface area contributed by atoms with Crippen LogP contribution >= 0.6 is 0 Å². The van der Waals surface area contributed by atoms with Crippen molar-refractivity contribution in [2.45, 2.75) is 51.5 Å². The summed E-state index contributed by atoms with van der Waals surface area (Å²) < 4.78 is 1.61. The summed E-state index contributed by atoms with van der Waals surface area (Å²) in [6.45, 7) is 1.79. The Morgan fingerprint density at radius 1 is 1.19 bits per heavy atom. The Hall–Kier alpha value is -4.48. The van der Waals surface area contributed by atoms with Crippen LogP contribution in [0, 0.1) is 33.5 Å². The molecule has 1 atom stereocenters. The number of nitriles is 2. The summed E-state index contributed by atoms with van der Waals surface area (Å²) in [7, 11) is 0. The Kier molecular flexibility index (Phi) is 5.32. The molecule has 0 radical (unpaired) electrons. The lowest BCUT2D eigenvalue weighted by Crippen LogP contribution is -2.39. The molecule has 6 rings (SSSR count). The first-order valence-electron chi connectivity index (χ1n) is 12.4. The number of aromatic nitrogens is 4. The molecule has 0 amide bonds. The second-order valence-corrected chi connectivity index (χ2v) is 10.3. The van der Waals surface area contributed by atoms with Gasteiger partial charge in [-0.2, -0.15) is 20.3 Å². The van der Waals surface area contributed by atoms with Crippen molar-refractivity contribution in [1.82, 2.24) is 30.7 Å². The van der Waals surface area contributed by atoms with Crippen LogP contribution in [0.4, 0.5) is 11.4 Å². The Labute approximate surface area is 213 Å². The first-order chi connectivity index (χ1) is 18.0. The molecule has 3 aliphatic rings. The fourth-order valence-corrected chi connectivity index (χ4v) is 6.14. The monoisotopic (exact) mass is 494 g/mol. The molecule has 2 aliphatic carbocycles. The predicted octanol–water partition coefficient (Wildman–Crippen LogP) is 3.22. The van der Waals surface area contributed by atoms with Crippen LogP contribution < -0.4 is 21.3 Å². The van der Waals surface area contributed by atoms with Crippen molar-refractivity contribution in [3.05, 3.63) is 48.2 Å². The van der Waals surface area contributed by atoms with Crippen molar-refractivity contribution in [2.24, 2.45) is 10.8 Å². The highest BCUT2D eigenvalue weighted by Gasteiger charge is 2.56. The smallest absolute Gasteiger partial charge is 0.164 e. The molecule has 3 aromatic rings. The largest absolute Gasteiger partial charge is 0.368 e. The van der Waals surface area contributed by atoms with Crippen molar-refractivity contribution in [3.63, 3.8) is 0 Å². The molecule has 4 heterocycles. The highest BCUT2D eigenvalue weighted by molar-refractivity contribution is 5.78. The van der Waals surface area contributed by atoms with Crippen LogP contribution in [0.2, 0.25) is 0 Å². The molecule has 11 nitrogen and oxygen atoms in total. The predicted molar refractivity (Wildman–Crippen MR) is 136 cm³/mol. The van der Waals surface area contributed by atoms with E-state index in [0.29, 0.717) is 29.1 Å². The van der Waals surface area contributed by atoms with Gasteiger partial charge in [-0.05, 0) is 50.5 Å². The number of hydrogen-bond donors (Lipinski definition) is 3. The van der Waals surface area contributed by atoms with Gasteiger partial charge >= 0.3 is 0 Å². The van der Waals surface area contributed by atoms with E-state index < -0.39 is 6.04 Å². The average Bonchev–Trinajstić information content (AvgIpc) is 3.71. The molecule has 37 heavy (non-hydrogen) atoms. The molecule has 3 N–H and O–H groups in total. The molecular formula is C26H26N10O. The second-order valence-electron chi connectivity index (χ2n) is 10.3. The van der Waals surface area contributed by atoms with Crippen molar-refractivity contribution in [1.29, 1.82) is 10.5 Å². The number of rotatable bonds is 7. The summed E-state index contributed by atoms with van der Waals surface area (Å²) in [5.41, 5.74) is 10.4. The zero-order valence-electron chi connectivity index (χ0n) is 20.4. The minimum absolute atomic E-state index is 0.0492. The van der Waals surface area contributed by atoms with Gasteiger partial charge in [0.15, 0.2) is 11.5 Å². The van der Waals surface area contributed by atoms with Gasteiger partial charge in [0.1, 0.15) is 24.1 Å². The molecule has 11 heteroatoms. The van der Waals surface area contributed by atoms with Crippen LogP contribution in [0.5, 0.6) is 0 Å². The van der Waals surface area contributed by atoms with Gasteiger partial charge in [-0.1, -0.05) is 0 Å². The van der Waals surface area contributed by atoms with E-state index in [9.17, 15) is 10.1 Å². The summed E-state index contributed by atoms with van der Waals surface area (Å²) in [6.07, 6.45) is 14.0. The number of carbonyl (C=O) groups excluding carboxylic acids is 1. The molecule has 0 saturated heterocycles. The van der Waals surface area contributed by atoms with E-state index >= 15 is 0 Å².